The molecule has 5 rings (SSSR count). The average Bonchev–Trinajstić information content (AvgIpc) is 3.22. The van der Waals surface area contributed by atoms with E-state index in [1.54, 1.807) is 27.6 Å². The molecule has 7 nitrogen and oxygen atoms in total. The van der Waals surface area contributed by atoms with Crippen LogP contribution in [0.5, 0.6) is 0 Å². The normalized spacial score (nSPS) is 29.9. The quantitative estimate of drug-likeness (QED) is 0.355. The molecule has 210 valence electrons. The van der Waals surface area contributed by atoms with Gasteiger partial charge in [0.1, 0.15) is 6.04 Å². The van der Waals surface area contributed by atoms with Crippen molar-refractivity contribution in [2.45, 2.75) is 62.0 Å². The van der Waals surface area contributed by atoms with Gasteiger partial charge in [0.05, 0.1) is 27.3 Å². The fourth-order valence-corrected chi connectivity index (χ4v) is 9.14. The molecule has 1 N–H and O–H groups in total. The first kappa shape index (κ1) is 28.2. The molecule has 4 heterocycles. The van der Waals surface area contributed by atoms with Crippen LogP contribution in [0.1, 0.15) is 44.6 Å². The molecule has 1 aromatic carbocycles. The van der Waals surface area contributed by atoms with Crippen LogP contribution < -0.4 is 4.90 Å². The van der Waals surface area contributed by atoms with Crippen LogP contribution in [0.2, 0.25) is 5.02 Å². The molecular formula is C30H38ClN3O4S. The van der Waals surface area contributed by atoms with Crippen LogP contribution in [0.3, 0.4) is 0 Å². The Bertz CT molecular complexity index is 1170. The molecule has 2 saturated heterocycles. The van der Waals surface area contributed by atoms with Crippen molar-refractivity contribution in [3.8, 4) is 0 Å². The van der Waals surface area contributed by atoms with Crippen LogP contribution in [0.15, 0.2) is 42.5 Å². The molecular weight excluding hydrogens is 534 g/mol. The number of hydrogen-bond donors (Lipinski definition) is 1. The van der Waals surface area contributed by atoms with Gasteiger partial charge in [0.2, 0.25) is 11.8 Å². The van der Waals surface area contributed by atoms with Gasteiger partial charge in [-0.15, -0.1) is 11.8 Å². The lowest BCUT2D eigenvalue weighted by molar-refractivity contribution is -0.142. The summed E-state index contributed by atoms with van der Waals surface area (Å²) in [7, 11) is 0. The molecule has 1 unspecified atom stereocenters. The van der Waals surface area contributed by atoms with Crippen LogP contribution in [0.4, 0.5) is 5.69 Å². The topological polar surface area (TPSA) is 81.2 Å². The van der Waals surface area contributed by atoms with Crippen molar-refractivity contribution in [1.29, 1.82) is 0 Å². The van der Waals surface area contributed by atoms with Crippen LogP contribution in [-0.2, 0) is 14.4 Å². The third-order valence-electron chi connectivity index (χ3n) is 8.50. The fraction of sp³-hybridized carbons (Fsp3) is 0.567. The molecule has 0 bridgehead atoms. The Kier molecular flexibility index (Phi) is 8.45. The number of rotatable bonds is 9. The first-order chi connectivity index (χ1) is 18.9. The van der Waals surface area contributed by atoms with Gasteiger partial charge in [0, 0.05) is 38.0 Å². The lowest BCUT2D eigenvalue weighted by atomic mass is 9.78. The number of aliphatic hydroxyl groups excluding tert-OH is 1. The Morgan fingerprint density at radius 3 is 2.56 bits per heavy atom. The lowest BCUT2D eigenvalue weighted by Crippen LogP contribution is -2.53. The molecule has 0 aromatic heterocycles. The number of likely N-dealkylation sites (tertiary alicyclic amines) is 1. The summed E-state index contributed by atoms with van der Waals surface area (Å²) in [6, 6.07) is 4.88. The highest BCUT2D eigenvalue weighted by molar-refractivity contribution is 8.02. The van der Waals surface area contributed by atoms with E-state index < -0.39 is 22.6 Å². The SMILES string of the molecule is CCCN1CC=C[C@@H]2S[C@]34C=CCN(c5c(C)cccc5Cl)C(=O)C3N(CCCCCCO)C(=O)[C@@H]4[C@@H]2C1=O. The molecule has 5 atom stereocenters. The molecule has 3 amide bonds. The van der Waals surface area contributed by atoms with Gasteiger partial charge in [-0.05, 0) is 37.8 Å². The van der Waals surface area contributed by atoms with Gasteiger partial charge < -0.3 is 19.8 Å². The minimum atomic E-state index is -0.826. The second kappa shape index (κ2) is 11.7. The van der Waals surface area contributed by atoms with Gasteiger partial charge in [-0.2, -0.15) is 0 Å². The van der Waals surface area contributed by atoms with Crippen molar-refractivity contribution >= 4 is 46.8 Å². The standard InChI is InChI=1S/C30H38ClN3O4S/c1-3-15-32-16-9-13-22-23(27(32)36)24-28(37)34(17-6-4-5-7-19-35)26-29(38)33(18-10-14-30(24,26)39-22)25-20(2)11-8-12-21(25)31/h8-14,22-24,26,35H,3-7,15-19H2,1-2H3/t22-,23+,24-,26?,30-/m0/s1. The van der Waals surface area contributed by atoms with Crippen molar-refractivity contribution in [2.24, 2.45) is 11.8 Å². The summed E-state index contributed by atoms with van der Waals surface area (Å²) in [6.45, 7) is 6.15. The van der Waals surface area contributed by atoms with E-state index in [1.807, 2.05) is 36.1 Å². The second-order valence-corrected chi connectivity index (χ2v) is 12.9. The van der Waals surface area contributed by atoms with E-state index in [-0.39, 0.29) is 29.6 Å². The summed E-state index contributed by atoms with van der Waals surface area (Å²) in [4.78, 5) is 48.1. The summed E-state index contributed by atoms with van der Waals surface area (Å²) in [5.41, 5.74) is 1.57. The molecule has 0 aliphatic carbocycles. The maximum Gasteiger partial charge on any atom is 0.251 e. The summed E-state index contributed by atoms with van der Waals surface area (Å²) >= 11 is 8.24. The highest BCUT2D eigenvalue weighted by Gasteiger charge is 2.71. The Labute approximate surface area is 240 Å². The van der Waals surface area contributed by atoms with Crippen LogP contribution in [0.25, 0.3) is 0 Å². The highest BCUT2D eigenvalue weighted by atomic mass is 35.5. The molecule has 4 aliphatic heterocycles. The number of anilines is 1. The summed E-state index contributed by atoms with van der Waals surface area (Å²) in [6.07, 6.45) is 12.2. The Balaban J connectivity index is 1.56. The Morgan fingerprint density at radius 2 is 1.82 bits per heavy atom. The van der Waals surface area contributed by atoms with E-state index in [4.69, 9.17) is 16.7 Å². The number of fused-ring (bicyclic) bond motifs is 2. The van der Waals surface area contributed by atoms with Crippen molar-refractivity contribution in [2.75, 3.05) is 37.7 Å². The van der Waals surface area contributed by atoms with E-state index >= 15 is 0 Å². The molecule has 4 aliphatic rings. The van der Waals surface area contributed by atoms with Gasteiger partial charge in [-0.25, -0.2) is 0 Å². The third kappa shape index (κ3) is 4.82. The van der Waals surface area contributed by atoms with Gasteiger partial charge in [-0.1, -0.05) is 67.8 Å². The van der Waals surface area contributed by atoms with E-state index in [0.29, 0.717) is 36.9 Å². The van der Waals surface area contributed by atoms with Crippen molar-refractivity contribution in [1.82, 2.24) is 9.80 Å². The number of thioether (sulfide) groups is 1. The summed E-state index contributed by atoms with van der Waals surface area (Å²) in [5, 5.41) is 9.51. The number of para-hydroxylation sites is 1. The smallest absolute Gasteiger partial charge is 0.251 e. The zero-order chi connectivity index (χ0) is 27.7. The highest BCUT2D eigenvalue weighted by Crippen LogP contribution is 2.61. The number of aliphatic hydroxyl groups is 1. The van der Waals surface area contributed by atoms with Gasteiger partial charge >= 0.3 is 0 Å². The van der Waals surface area contributed by atoms with Crippen LogP contribution >= 0.6 is 23.4 Å². The van der Waals surface area contributed by atoms with Crippen molar-refractivity contribution in [3.63, 3.8) is 0 Å². The number of hydrogen-bond acceptors (Lipinski definition) is 5. The first-order valence-electron chi connectivity index (χ1n) is 14.1. The molecule has 0 saturated carbocycles. The maximum absolute atomic E-state index is 14.6. The molecule has 1 aromatic rings. The number of nitrogens with zero attached hydrogens (tertiary/aromatic N) is 3. The zero-order valence-electron chi connectivity index (χ0n) is 22.7. The Morgan fingerprint density at radius 1 is 1.03 bits per heavy atom. The number of carbonyl (C=O) groups is 3. The number of aryl methyl sites for hydroxylation is 1. The van der Waals surface area contributed by atoms with Crippen LogP contribution in [-0.4, -0.2) is 81.5 Å². The Hall–Kier alpha value is -2.29. The van der Waals surface area contributed by atoms with Crippen molar-refractivity contribution < 1.29 is 19.5 Å². The van der Waals surface area contributed by atoms with E-state index in [0.717, 1.165) is 37.7 Å². The first-order valence-corrected chi connectivity index (χ1v) is 15.4. The predicted molar refractivity (Wildman–Crippen MR) is 156 cm³/mol. The van der Waals surface area contributed by atoms with E-state index in [2.05, 4.69) is 19.1 Å². The van der Waals surface area contributed by atoms with E-state index in [1.165, 1.54) is 0 Å². The van der Waals surface area contributed by atoms with E-state index in [9.17, 15) is 14.4 Å². The maximum atomic E-state index is 14.6. The number of benzene rings is 1. The zero-order valence-corrected chi connectivity index (χ0v) is 24.3. The summed E-state index contributed by atoms with van der Waals surface area (Å²) in [5.74, 6) is -1.33. The number of halogens is 1. The van der Waals surface area contributed by atoms with Gasteiger partial charge in [0.15, 0.2) is 0 Å². The lowest BCUT2D eigenvalue weighted by Gasteiger charge is -2.35. The second-order valence-electron chi connectivity index (χ2n) is 11.0. The molecule has 39 heavy (non-hydrogen) atoms. The monoisotopic (exact) mass is 571 g/mol. The van der Waals surface area contributed by atoms with Crippen LogP contribution in [0, 0.1) is 18.8 Å². The summed E-state index contributed by atoms with van der Waals surface area (Å²) < 4.78 is -0.826. The number of amides is 3. The minimum Gasteiger partial charge on any atom is -0.396 e. The third-order valence-corrected chi connectivity index (χ3v) is 10.6. The minimum absolute atomic E-state index is 0.0158. The predicted octanol–water partition coefficient (Wildman–Crippen LogP) is 4.21. The molecule has 0 radical (unpaired) electrons. The van der Waals surface area contributed by atoms with Gasteiger partial charge in [0.25, 0.3) is 5.91 Å². The van der Waals surface area contributed by atoms with Gasteiger partial charge in [-0.3, -0.25) is 14.4 Å². The fourth-order valence-electron chi connectivity index (χ4n) is 6.81. The number of carbonyl (C=O) groups excluding carboxylic acids is 3. The molecule has 2 fully saturated rings. The molecule has 9 heteroatoms. The number of unbranched alkanes of at least 4 members (excludes halogenated alkanes) is 3. The van der Waals surface area contributed by atoms with Crippen molar-refractivity contribution in [3.05, 3.63) is 53.1 Å². The molecule has 1 spiro atoms. The average molecular weight is 572 g/mol. The largest absolute Gasteiger partial charge is 0.396 e.